The molecule has 1 N–H and O–H groups in total. The average molecular weight is 247 g/mol. The molecular formula is C15H21NO2. The van der Waals surface area contributed by atoms with Gasteiger partial charge in [0, 0.05) is 0 Å². The van der Waals surface area contributed by atoms with Gasteiger partial charge in [-0.3, -0.25) is 9.69 Å². The van der Waals surface area contributed by atoms with E-state index in [-0.39, 0.29) is 6.04 Å². The first-order valence-corrected chi connectivity index (χ1v) is 6.61. The molecule has 1 saturated heterocycles. The van der Waals surface area contributed by atoms with Crippen molar-refractivity contribution in [1.82, 2.24) is 4.90 Å². The summed E-state index contributed by atoms with van der Waals surface area (Å²) >= 11 is 0. The molecule has 18 heavy (non-hydrogen) atoms. The number of rotatable bonds is 4. The van der Waals surface area contributed by atoms with Crippen molar-refractivity contribution in [3.05, 3.63) is 34.9 Å². The standard InChI is InChI=1S/C15H21NO2/c1-11-5-6-13(9-12(11)2)10-14(15(17)18)16-7-3-4-8-16/h5-6,9,14H,3-4,7-8,10H2,1-2H3,(H,17,18). The summed E-state index contributed by atoms with van der Waals surface area (Å²) in [5, 5.41) is 9.38. The van der Waals surface area contributed by atoms with E-state index < -0.39 is 5.97 Å². The highest BCUT2D eigenvalue weighted by molar-refractivity contribution is 5.74. The van der Waals surface area contributed by atoms with E-state index in [9.17, 15) is 9.90 Å². The summed E-state index contributed by atoms with van der Waals surface area (Å²) in [6, 6.07) is 5.87. The normalized spacial score (nSPS) is 17.9. The van der Waals surface area contributed by atoms with Gasteiger partial charge in [0.05, 0.1) is 0 Å². The molecule has 98 valence electrons. The Hall–Kier alpha value is -1.35. The van der Waals surface area contributed by atoms with Crippen LogP contribution in [-0.2, 0) is 11.2 Å². The molecule has 2 rings (SSSR count). The Balaban J connectivity index is 2.12. The van der Waals surface area contributed by atoms with Crippen LogP contribution >= 0.6 is 0 Å². The minimum Gasteiger partial charge on any atom is -0.480 e. The topological polar surface area (TPSA) is 40.5 Å². The minimum absolute atomic E-state index is 0.366. The molecule has 1 unspecified atom stereocenters. The maximum atomic E-state index is 11.4. The van der Waals surface area contributed by atoms with Gasteiger partial charge in [0.25, 0.3) is 0 Å². The Labute approximate surface area is 108 Å². The highest BCUT2D eigenvalue weighted by Gasteiger charge is 2.27. The van der Waals surface area contributed by atoms with E-state index in [1.54, 1.807) is 0 Å². The highest BCUT2D eigenvalue weighted by Crippen LogP contribution is 2.18. The number of benzene rings is 1. The van der Waals surface area contributed by atoms with E-state index in [2.05, 4.69) is 30.9 Å². The summed E-state index contributed by atoms with van der Waals surface area (Å²) in [4.78, 5) is 13.5. The van der Waals surface area contributed by atoms with Crippen molar-refractivity contribution >= 4 is 5.97 Å². The molecule has 3 heteroatoms. The fourth-order valence-electron chi connectivity index (χ4n) is 2.58. The number of hydrogen-bond acceptors (Lipinski definition) is 2. The van der Waals surface area contributed by atoms with Crippen molar-refractivity contribution in [1.29, 1.82) is 0 Å². The first-order valence-electron chi connectivity index (χ1n) is 6.61. The fourth-order valence-corrected chi connectivity index (χ4v) is 2.58. The lowest BCUT2D eigenvalue weighted by Crippen LogP contribution is -2.40. The number of aliphatic carboxylic acids is 1. The van der Waals surface area contributed by atoms with Crippen LogP contribution in [0, 0.1) is 13.8 Å². The number of carboxylic acids is 1. The van der Waals surface area contributed by atoms with Crippen LogP contribution in [0.15, 0.2) is 18.2 Å². The van der Waals surface area contributed by atoms with Gasteiger partial charge in [0.15, 0.2) is 0 Å². The van der Waals surface area contributed by atoms with Gasteiger partial charge in [0.2, 0.25) is 0 Å². The number of carbonyl (C=O) groups is 1. The lowest BCUT2D eigenvalue weighted by molar-refractivity contribution is -0.142. The number of nitrogens with zero attached hydrogens (tertiary/aromatic N) is 1. The van der Waals surface area contributed by atoms with Gasteiger partial charge in [-0.25, -0.2) is 0 Å². The van der Waals surface area contributed by atoms with Gasteiger partial charge < -0.3 is 5.11 Å². The molecule has 0 aliphatic carbocycles. The number of aryl methyl sites for hydroxylation is 2. The second-order valence-corrected chi connectivity index (χ2v) is 5.22. The zero-order valence-corrected chi connectivity index (χ0v) is 11.1. The van der Waals surface area contributed by atoms with Gasteiger partial charge in [-0.1, -0.05) is 18.2 Å². The Morgan fingerprint density at radius 2 is 1.94 bits per heavy atom. The molecule has 1 aliphatic heterocycles. The second-order valence-electron chi connectivity index (χ2n) is 5.22. The van der Waals surface area contributed by atoms with E-state index in [4.69, 9.17) is 0 Å². The van der Waals surface area contributed by atoms with E-state index in [0.29, 0.717) is 6.42 Å². The van der Waals surface area contributed by atoms with E-state index in [1.807, 2.05) is 6.07 Å². The van der Waals surface area contributed by atoms with Crippen LogP contribution in [0.4, 0.5) is 0 Å². The zero-order valence-electron chi connectivity index (χ0n) is 11.1. The lowest BCUT2D eigenvalue weighted by atomic mass is 10.0. The van der Waals surface area contributed by atoms with E-state index >= 15 is 0 Å². The summed E-state index contributed by atoms with van der Waals surface area (Å²) in [7, 11) is 0. The first kappa shape index (κ1) is 13.1. The summed E-state index contributed by atoms with van der Waals surface area (Å²) < 4.78 is 0. The summed E-state index contributed by atoms with van der Waals surface area (Å²) in [5.74, 6) is -0.699. The molecule has 0 bridgehead atoms. The van der Waals surface area contributed by atoms with Crippen LogP contribution in [0.25, 0.3) is 0 Å². The molecule has 1 aromatic carbocycles. The average Bonchev–Trinajstić information content (AvgIpc) is 2.83. The Morgan fingerprint density at radius 1 is 1.28 bits per heavy atom. The fraction of sp³-hybridized carbons (Fsp3) is 0.533. The van der Waals surface area contributed by atoms with Crippen LogP contribution in [0.3, 0.4) is 0 Å². The maximum absolute atomic E-state index is 11.4. The summed E-state index contributed by atoms with van der Waals surface area (Å²) in [6.45, 7) is 5.99. The third-order valence-electron chi connectivity index (χ3n) is 3.87. The molecule has 1 fully saturated rings. The van der Waals surface area contributed by atoms with Crippen molar-refractivity contribution < 1.29 is 9.90 Å². The largest absolute Gasteiger partial charge is 0.480 e. The smallest absolute Gasteiger partial charge is 0.321 e. The molecule has 1 aromatic rings. The van der Waals surface area contributed by atoms with Crippen molar-refractivity contribution in [3.8, 4) is 0 Å². The first-order chi connectivity index (χ1) is 8.58. The molecule has 0 saturated carbocycles. The van der Waals surface area contributed by atoms with Crippen LogP contribution in [-0.4, -0.2) is 35.1 Å². The van der Waals surface area contributed by atoms with Crippen molar-refractivity contribution in [2.24, 2.45) is 0 Å². The molecule has 1 heterocycles. The molecule has 0 spiro atoms. The summed E-state index contributed by atoms with van der Waals surface area (Å²) in [6.07, 6.45) is 2.85. The van der Waals surface area contributed by atoms with Gasteiger partial charge in [0.1, 0.15) is 6.04 Å². The van der Waals surface area contributed by atoms with Gasteiger partial charge in [-0.15, -0.1) is 0 Å². The number of carboxylic acid groups (broad SMARTS) is 1. The third kappa shape index (κ3) is 2.91. The number of hydrogen-bond donors (Lipinski definition) is 1. The summed E-state index contributed by atoms with van der Waals surface area (Å²) in [5.41, 5.74) is 3.61. The number of likely N-dealkylation sites (tertiary alicyclic amines) is 1. The van der Waals surface area contributed by atoms with Crippen LogP contribution in [0.5, 0.6) is 0 Å². The third-order valence-corrected chi connectivity index (χ3v) is 3.87. The van der Waals surface area contributed by atoms with Gasteiger partial charge in [-0.2, -0.15) is 0 Å². The van der Waals surface area contributed by atoms with Crippen LogP contribution in [0.2, 0.25) is 0 Å². The predicted molar refractivity (Wildman–Crippen MR) is 71.9 cm³/mol. The van der Waals surface area contributed by atoms with Crippen molar-refractivity contribution in [3.63, 3.8) is 0 Å². The van der Waals surface area contributed by atoms with Crippen molar-refractivity contribution in [2.75, 3.05) is 13.1 Å². The molecular weight excluding hydrogens is 226 g/mol. The Morgan fingerprint density at radius 3 is 2.50 bits per heavy atom. The Kier molecular flexibility index (Phi) is 4.02. The monoisotopic (exact) mass is 247 g/mol. The molecule has 0 aromatic heterocycles. The molecule has 1 atom stereocenters. The molecule has 3 nitrogen and oxygen atoms in total. The highest BCUT2D eigenvalue weighted by atomic mass is 16.4. The van der Waals surface area contributed by atoms with Gasteiger partial charge in [-0.05, 0) is 62.9 Å². The van der Waals surface area contributed by atoms with E-state index in [0.717, 1.165) is 31.5 Å². The lowest BCUT2D eigenvalue weighted by Gasteiger charge is -2.23. The zero-order chi connectivity index (χ0) is 13.1. The SMILES string of the molecule is Cc1ccc(CC(C(=O)O)N2CCCC2)cc1C. The second kappa shape index (κ2) is 5.53. The molecule has 1 aliphatic rings. The Bertz CT molecular complexity index is 436. The van der Waals surface area contributed by atoms with E-state index in [1.165, 1.54) is 11.1 Å². The molecule has 0 amide bonds. The van der Waals surface area contributed by atoms with Crippen molar-refractivity contribution in [2.45, 2.75) is 39.2 Å². The predicted octanol–water partition coefficient (Wildman–Crippen LogP) is 2.39. The van der Waals surface area contributed by atoms with Crippen LogP contribution < -0.4 is 0 Å². The van der Waals surface area contributed by atoms with Gasteiger partial charge >= 0.3 is 5.97 Å². The minimum atomic E-state index is -0.699. The van der Waals surface area contributed by atoms with Crippen LogP contribution in [0.1, 0.15) is 29.5 Å². The maximum Gasteiger partial charge on any atom is 0.321 e. The quantitative estimate of drug-likeness (QED) is 0.888. The molecule has 0 radical (unpaired) electrons.